The molecular formula is C18H26N4O3S+2. The molecule has 8 heteroatoms. The lowest BCUT2D eigenvalue weighted by Gasteiger charge is -2.35. The van der Waals surface area contributed by atoms with Crippen LogP contribution in [0.25, 0.3) is 10.9 Å². The van der Waals surface area contributed by atoms with Crippen molar-refractivity contribution in [2.24, 2.45) is 0 Å². The van der Waals surface area contributed by atoms with Crippen molar-refractivity contribution in [3.05, 3.63) is 40.4 Å². The topological polar surface area (TPSA) is 88.8 Å². The highest BCUT2D eigenvalue weighted by Crippen LogP contribution is 2.10. The molecule has 2 aliphatic rings. The Morgan fingerprint density at radius 3 is 2.62 bits per heavy atom. The van der Waals surface area contributed by atoms with Crippen LogP contribution in [0.5, 0.6) is 0 Å². The lowest BCUT2D eigenvalue weighted by molar-refractivity contribution is -1.03. The maximum absolute atomic E-state index is 12.3. The summed E-state index contributed by atoms with van der Waals surface area (Å²) in [6.45, 7) is 5.97. The molecule has 0 saturated carbocycles. The molecule has 2 atom stereocenters. The van der Waals surface area contributed by atoms with Crippen molar-refractivity contribution in [1.29, 1.82) is 0 Å². The maximum Gasteiger partial charge on any atom is 0.258 e. The summed E-state index contributed by atoms with van der Waals surface area (Å²) >= 11 is 0. The highest BCUT2D eigenvalue weighted by atomic mass is 32.2. The van der Waals surface area contributed by atoms with Crippen molar-refractivity contribution in [2.45, 2.75) is 25.4 Å². The van der Waals surface area contributed by atoms with E-state index in [9.17, 15) is 13.2 Å². The fourth-order valence-corrected chi connectivity index (χ4v) is 6.18. The molecule has 0 unspecified atom stereocenters. The number of benzene rings is 1. The monoisotopic (exact) mass is 378 g/mol. The molecule has 0 bridgehead atoms. The van der Waals surface area contributed by atoms with Crippen LogP contribution in [-0.4, -0.2) is 62.1 Å². The van der Waals surface area contributed by atoms with Gasteiger partial charge in [-0.25, -0.2) is 13.4 Å². The SMILES string of the molecule is C[C@H](c1nc2ccccc2c(=O)[nH]1)[NH+]1CC[NH+]([C@H]2CCS(=O)(=O)C2)CC1. The Kier molecular flexibility index (Phi) is 4.58. The number of sulfone groups is 1. The van der Waals surface area contributed by atoms with Crippen LogP contribution >= 0.6 is 0 Å². The van der Waals surface area contributed by atoms with Gasteiger partial charge in [-0.15, -0.1) is 0 Å². The standard InChI is InChI=1S/C18H24N4O3S/c1-13(17-19-16-5-3-2-4-15(16)18(23)20-17)21-7-9-22(10-8-21)14-6-11-26(24,25)12-14/h2-5,13-14H,6-12H2,1H3,(H,19,20,23)/p+2/t13-,14+/m1/s1. The van der Waals surface area contributed by atoms with Crippen LogP contribution in [0.2, 0.25) is 0 Å². The molecular weight excluding hydrogens is 352 g/mol. The van der Waals surface area contributed by atoms with Crippen LogP contribution < -0.4 is 15.4 Å². The number of hydrogen-bond acceptors (Lipinski definition) is 4. The molecule has 2 aliphatic heterocycles. The van der Waals surface area contributed by atoms with Crippen LogP contribution in [0.3, 0.4) is 0 Å². The predicted molar refractivity (Wildman–Crippen MR) is 99.2 cm³/mol. The van der Waals surface area contributed by atoms with Crippen LogP contribution in [-0.2, 0) is 9.84 Å². The van der Waals surface area contributed by atoms with Gasteiger partial charge in [0.05, 0.1) is 16.7 Å². The largest absolute Gasteiger partial charge is 0.322 e. The third kappa shape index (κ3) is 3.41. The minimum absolute atomic E-state index is 0.0859. The second-order valence-corrected chi connectivity index (χ2v) is 9.84. The first-order chi connectivity index (χ1) is 12.4. The maximum atomic E-state index is 12.3. The fourth-order valence-electron chi connectivity index (χ4n) is 4.35. The second kappa shape index (κ2) is 6.75. The van der Waals surface area contributed by atoms with Gasteiger partial charge >= 0.3 is 0 Å². The molecule has 2 aromatic rings. The molecule has 0 radical (unpaired) electrons. The number of rotatable bonds is 3. The molecule has 2 saturated heterocycles. The van der Waals surface area contributed by atoms with Gasteiger partial charge in [-0.3, -0.25) is 4.79 Å². The van der Waals surface area contributed by atoms with E-state index in [1.54, 1.807) is 6.07 Å². The molecule has 7 nitrogen and oxygen atoms in total. The molecule has 1 aromatic heterocycles. The Balaban J connectivity index is 1.45. The van der Waals surface area contributed by atoms with E-state index in [1.165, 1.54) is 9.80 Å². The first-order valence-corrected chi connectivity index (χ1v) is 11.1. The van der Waals surface area contributed by atoms with Gasteiger partial charge in [0.25, 0.3) is 5.56 Å². The van der Waals surface area contributed by atoms with Gasteiger partial charge in [-0.2, -0.15) is 0 Å². The quantitative estimate of drug-likeness (QED) is 0.574. The Morgan fingerprint density at radius 1 is 1.19 bits per heavy atom. The number of nitrogens with zero attached hydrogens (tertiary/aromatic N) is 1. The van der Waals surface area contributed by atoms with Crippen molar-refractivity contribution in [1.82, 2.24) is 9.97 Å². The Bertz CT molecular complexity index is 964. The van der Waals surface area contributed by atoms with E-state index in [2.05, 4.69) is 16.9 Å². The number of para-hydroxylation sites is 1. The Hall–Kier alpha value is -1.77. The van der Waals surface area contributed by atoms with Crippen molar-refractivity contribution in [2.75, 3.05) is 37.7 Å². The number of aromatic nitrogens is 2. The zero-order valence-electron chi connectivity index (χ0n) is 15.0. The van der Waals surface area contributed by atoms with Crippen LogP contribution in [0.4, 0.5) is 0 Å². The third-order valence-electron chi connectivity index (χ3n) is 6.00. The molecule has 3 heterocycles. The van der Waals surface area contributed by atoms with E-state index in [0.29, 0.717) is 16.9 Å². The number of piperazine rings is 1. The van der Waals surface area contributed by atoms with Crippen LogP contribution in [0.15, 0.2) is 29.1 Å². The summed E-state index contributed by atoms with van der Waals surface area (Å²) in [6.07, 6.45) is 0.794. The highest BCUT2D eigenvalue weighted by Gasteiger charge is 2.39. The Labute approximate surface area is 152 Å². The number of fused-ring (bicyclic) bond motifs is 1. The molecule has 0 aliphatic carbocycles. The summed E-state index contributed by atoms with van der Waals surface area (Å²) in [6, 6.07) is 7.78. The van der Waals surface area contributed by atoms with Gasteiger partial charge in [0.1, 0.15) is 44.0 Å². The molecule has 0 spiro atoms. The van der Waals surface area contributed by atoms with Gasteiger partial charge in [0.15, 0.2) is 15.7 Å². The van der Waals surface area contributed by atoms with E-state index < -0.39 is 9.84 Å². The van der Waals surface area contributed by atoms with E-state index >= 15 is 0 Å². The summed E-state index contributed by atoms with van der Waals surface area (Å²) in [5.41, 5.74) is 0.648. The molecule has 2 fully saturated rings. The minimum atomic E-state index is -2.82. The van der Waals surface area contributed by atoms with Crippen molar-refractivity contribution >= 4 is 20.7 Å². The summed E-state index contributed by atoms with van der Waals surface area (Å²) < 4.78 is 23.4. The zero-order valence-corrected chi connectivity index (χ0v) is 15.8. The first-order valence-electron chi connectivity index (χ1n) is 9.31. The fraction of sp³-hybridized carbons (Fsp3) is 0.556. The number of quaternary nitrogens is 2. The van der Waals surface area contributed by atoms with Gasteiger partial charge in [0, 0.05) is 6.42 Å². The van der Waals surface area contributed by atoms with Crippen molar-refractivity contribution < 1.29 is 18.2 Å². The zero-order chi connectivity index (χ0) is 18.3. The molecule has 26 heavy (non-hydrogen) atoms. The van der Waals surface area contributed by atoms with Crippen LogP contribution in [0, 0.1) is 0 Å². The predicted octanol–water partition coefficient (Wildman–Crippen LogP) is -2.05. The molecule has 1 aromatic carbocycles. The number of nitrogens with one attached hydrogen (secondary N) is 3. The lowest BCUT2D eigenvalue weighted by atomic mass is 10.1. The average Bonchev–Trinajstić information content (AvgIpc) is 3.01. The molecule has 4 rings (SSSR count). The van der Waals surface area contributed by atoms with E-state index in [1.807, 2.05) is 18.2 Å². The average molecular weight is 378 g/mol. The van der Waals surface area contributed by atoms with Gasteiger partial charge < -0.3 is 14.8 Å². The van der Waals surface area contributed by atoms with E-state index in [0.717, 1.165) is 43.9 Å². The second-order valence-electron chi connectivity index (χ2n) is 7.61. The van der Waals surface area contributed by atoms with E-state index in [4.69, 9.17) is 0 Å². The smallest absolute Gasteiger partial charge is 0.258 e. The summed E-state index contributed by atoms with van der Waals surface area (Å²) in [4.78, 5) is 22.7. The Morgan fingerprint density at radius 2 is 1.92 bits per heavy atom. The van der Waals surface area contributed by atoms with Crippen LogP contribution in [0.1, 0.15) is 25.2 Å². The summed E-state index contributed by atoms with van der Waals surface area (Å²) in [7, 11) is -2.82. The first kappa shape index (κ1) is 17.6. The van der Waals surface area contributed by atoms with Crippen molar-refractivity contribution in [3.8, 4) is 0 Å². The summed E-state index contributed by atoms with van der Waals surface area (Å²) in [5, 5.41) is 0.621. The number of aromatic amines is 1. The van der Waals surface area contributed by atoms with Gasteiger partial charge in [-0.1, -0.05) is 12.1 Å². The molecule has 3 N–H and O–H groups in total. The molecule has 140 valence electrons. The van der Waals surface area contributed by atoms with Crippen molar-refractivity contribution in [3.63, 3.8) is 0 Å². The van der Waals surface area contributed by atoms with Gasteiger partial charge in [0.2, 0.25) is 0 Å². The number of H-pyrrole nitrogens is 1. The number of hydrogen-bond donors (Lipinski definition) is 3. The normalized spacial score (nSPS) is 29.7. The van der Waals surface area contributed by atoms with Gasteiger partial charge in [-0.05, 0) is 19.1 Å². The molecule has 0 amide bonds. The minimum Gasteiger partial charge on any atom is -0.322 e. The third-order valence-corrected chi connectivity index (χ3v) is 7.77. The highest BCUT2D eigenvalue weighted by molar-refractivity contribution is 7.91. The van der Waals surface area contributed by atoms with E-state index in [-0.39, 0.29) is 17.6 Å². The summed E-state index contributed by atoms with van der Waals surface area (Å²) in [5.74, 6) is 1.42. The lowest BCUT2D eigenvalue weighted by Crippen LogP contribution is -3.29.